The van der Waals surface area contributed by atoms with Gasteiger partial charge in [-0.15, -0.1) is 0 Å². The van der Waals surface area contributed by atoms with Gasteiger partial charge in [0.15, 0.2) is 0 Å². The lowest BCUT2D eigenvalue weighted by atomic mass is 10.1. The van der Waals surface area contributed by atoms with Crippen LogP contribution in [0.5, 0.6) is 0 Å². The number of carbonyl (C=O) groups excluding carboxylic acids is 1. The van der Waals surface area contributed by atoms with Gasteiger partial charge in [0, 0.05) is 20.2 Å². The first-order valence-corrected chi connectivity index (χ1v) is 6.40. The molecular weight excluding hydrogens is 236 g/mol. The molecule has 3 atom stereocenters. The number of aliphatic carboxylic acids is 1. The highest BCUT2D eigenvalue weighted by Gasteiger charge is 2.39. The standard InChI is InChI=1S/C12H20N2O4/c1-8-9(5-7-18-8)13(2)12(17)14-6-3-4-10(14)11(15)16/h8-10H,3-7H2,1-2H3,(H,15,16). The predicted molar refractivity (Wildman–Crippen MR) is 64.3 cm³/mol. The molecule has 2 aliphatic heterocycles. The summed E-state index contributed by atoms with van der Waals surface area (Å²) >= 11 is 0. The summed E-state index contributed by atoms with van der Waals surface area (Å²) in [5, 5.41) is 9.09. The maximum atomic E-state index is 12.3. The lowest BCUT2D eigenvalue weighted by Gasteiger charge is -2.32. The van der Waals surface area contributed by atoms with Crippen LogP contribution in [-0.4, -0.2) is 65.3 Å². The molecule has 2 saturated heterocycles. The van der Waals surface area contributed by atoms with E-state index in [-0.39, 0.29) is 18.2 Å². The average Bonchev–Trinajstić information content (AvgIpc) is 2.95. The Kier molecular flexibility index (Phi) is 3.75. The summed E-state index contributed by atoms with van der Waals surface area (Å²) in [5.41, 5.74) is 0. The Bertz CT molecular complexity index is 347. The average molecular weight is 256 g/mol. The summed E-state index contributed by atoms with van der Waals surface area (Å²) in [4.78, 5) is 26.5. The van der Waals surface area contributed by atoms with Crippen LogP contribution in [-0.2, 0) is 9.53 Å². The predicted octanol–water partition coefficient (Wildman–Crippen LogP) is 0.765. The Hall–Kier alpha value is -1.30. The Morgan fingerprint density at radius 2 is 2.11 bits per heavy atom. The molecule has 0 aromatic rings. The number of rotatable bonds is 2. The van der Waals surface area contributed by atoms with Crippen LogP contribution in [0.3, 0.4) is 0 Å². The zero-order chi connectivity index (χ0) is 13.3. The molecule has 2 rings (SSSR count). The van der Waals surface area contributed by atoms with Crippen LogP contribution in [0.4, 0.5) is 4.79 Å². The molecule has 6 nitrogen and oxygen atoms in total. The number of ether oxygens (including phenoxy) is 1. The summed E-state index contributed by atoms with van der Waals surface area (Å²) < 4.78 is 5.44. The molecule has 0 aliphatic carbocycles. The number of hydrogen-bond donors (Lipinski definition) is 1. The molecule has 0 radical (unpaired) electrons. The molecule has 0 spiro atoms. The van der Waals surface area contributed by atoms with E-state index >= 15 is 0 Å². The van der Waals surface area contributed by atoms with Crippen LogP contribution in [0, 0.1) is 0 Å². The van der Waals surface area contributed by atoms with Gasteiger partial charge in [0.05, 0.1) is 12.1 Å². The summed E-state index contributed by atoms with van der Waals surface area (Å²) in [6, 6.07) is -0.813. The van der Waals surface area contributed by atoms with Crippen molar-refractivity contribution in [3.05, 3.63) is 0 Å². The fourth-order valence-electron chi connectivity index (χ4n) is 2.83. The molecule has 2 aliphatic rings. The van der Waals surface area contributed by atoms with Gasteiger partial charge in [0.25, 0.3) is 0 Å². The van der Waals surface area contributed by atoms with Gasteiger partial charge in [-0.25, -0.2) is 9.59 Å². The van der Waals surface area contributed by atoms with Crippen molar-refractivity contribution in [2.24, 2.45) is 0 Å². The molecule has 2 fully saturated rings. The third-order valence-corrected chi connectivity index (χ3v) is 3.92. The van der Waals surface area contributed by atoms with E-state index in [0.29, 0.717) is 19.6 Å². The molecule has 6 heteroatoms. The second-order valence-corrected chi connectivity index (χ2v) is 5.02. The SMILES string of the molecule is CC1OCCC1N(C)C(=O)N1CCCC1C(=O)O. The minimum Gasteiger partial charge on any atom is -0.480 e. The number of amides is 2. The first kappa shape index (κ1) is 13.1. The van der Waals surface area contributed by atoms with E-state index in [2.05, 4.69) is 0 Å². The van der Waals surface area contributed by atoms with Crippen LogP contribution >= 0.6 is 0 Å². The molecule has 0 saturated carbocycles. The fraction of sp³-hybridized carbons (Fsp3) is 0.833. The molecule has 3 unspecified atom stereocenters. The van der Waals surface area contributed by atoms with E-state index in [9.17, 15) is 9.59 Å². The number of carbonyl (C=O) groups is 2. The van der Waals surface area contributed by atoms with Gasteiger partial charge in [0.1, 0.15) is 6.04 Å². The highest BCUT2D eigenvalue weighted by atomic mass is 16.5. The normalized spacial score (nSPS) is 31.7. The molecule has 102 valence electrons. The molecule has 0 aromatic carbocycles. The third-order valence-electron chi connectivity index (χ3n) is 3.92. The molecule has 2 amide bonds. The van der Waals surface area contributed by atoms with Crippen LogP contribution in [0.15, 0.2) is 0 Å². The van der Waals surface area contributed by atoms with Crippen molar-refractivity contribution in [1.29, 1.82) is 0 Å². The minimum atomic E-state index is -0.912. The highest BCUT2D eigenvalue weighted by molar-refractivity contribution is 5.83. The smallest absolute Gasteiger partial charge is 0.326 e. The maximum absolute atomic E-state index is 12.3. The van der Waals surface area contributed by atoms with E-state index in [1.807, 2.05) is 6.92 Å². The van der Waals surface area contributed by atoms with Crippen molar-refractivity contribution in [3.8, 4) is 0 Å². The number of carboxylic acid groups (broad SMARTS) is 1. The van der Waals surface area contributed by atoms with Crippen LogP contribution in [0.1, 0.15) is 26.2 Å². The van der Waals surface area contributed by atoms with E-state index in [0.717, 1.165) is 12.8 Å². The monoisotopic (exact) mass is 256 g/mol. The van der Waals surface area contributed by atoms with E-state index in [1.54, 1.807) is 11.9 Å². The summed E-state index contributed by atoms with van der Waals surface area (Å²) in [6.07, 6.45) is 2.14. The first-order chi connectivity index (χ1) is 8.52. The zero-order valence-corrected chi connectivity index (χ0v) is 10.8. The van der Waals surface area contributed by atoms with E-state index < -0.39 is 12.0 Å². The molecule has 0 bridgehead atoms. The Balaban J connectivity index is 2.04. The Labute approximate surface area is 106 Å². The molecule has 18 heavy (non-hydrogen) atoms. The van der Waals surface area contributed by atoms with Gasteiger partial charge in [0.2, 0.25) is 0 Å². The number of likely N-dealkylation sites (N-methyl/N-ethyl adjacent to an activating group) is 1. The quantitative estimate of drug-likeness (QED) is 0.792. The van der Waals surface area contributed by atoms with Crippen molar-refractivity contribution in [1.82, 2.24) is 9.80 Å². The summed E-state index contributed by atoms with van der Waals surface area (Å²) in [5.74, 6) is -0.912. The first-order valence-electron chi connectivity index (χ1n) is 6.40. The van der Waals surface area contributed by atoms with Crippen molar-refractivity contribution in [2.75, 3.05) is 20.2 Å². The summed E-state index contributed by atoms with van der Waals surface area (Å²) in [6.45, 7) is 3.13. The van der Waals surface area contributed by atoms with Gasteiger partial charge >= 0.3 is 12.0 Å². The molecule has 1 N–H and O–H groups in total. The number of likely N-dealkylation sites (tertiary alicyclic amines) is 1. The van der Waals surface area contributed by atoms with Crippen LogP contribution in [0.2, 0.25) is 0 Å². The van der Waals surface area contributed by atoms with Crippen molar-refractivity contribution >= 4 is 12.0 Å². The van der Waals surface area contributed by atoms with Gasteiger partial charge in [-0.05, 0) is 26.2 Å². The molecule has 2 heterocycles. The van der Waals surface area contributed by atoms with E-state index in [1.165, 1.54) is 4.90 Å². The van der Waals surface area contributed by atoms with Crippen molar-refractivity contribution in [2.45, 2.75) is 44.4 Å². The number of carboxylic acids is 1. The third kappa shape index (κ3) is 2.29. The Morgan fingerprint density at radius 1 is 1.39 bits per heavy atom. The second kappa shape index (κ2) is 5.14. The highest BCUT2D eigenvalue weighted by Crippen LogP contribution is 2.23. The Morgan fingerprint density at radius 3 is 2.67 bits per heavy atom. The van der Waals surface area contributed by atoms with Gasteiger partial charge in [-0.1, -0.05) is 0 Å². The maximum Gasteiger partial charge on any atom is 0.326 e. The fourth-order valence-corrected chi connectivity index (χ4v) is 2.83. The van der Waals surface area contributed by atoms with E-state index in [4.69, 9.17) is 9.84 Å². The van der Waals surface area contributed by atoms with Crippen molar-refractivity contribution < 1.29 is 19.4 Å². The van der Waals surface area contributed by atoms with Gasteiger partial charge in [-0.2, -0.15) is 0 Å². The van der Waals surface area contributed by atoms with Gasteiger partial charge in [-0.3, -0.25) is 0 Å². The minimum absolute atomic E-state index is 0.0184. The van der Waals surface area contributed by atoms with Crippen LogP contribution < -0.4 is 0 Å². The van der Waals surface area contributed by atoms with Crippen molar-refractivity contribution in [3.63, 3.8) is 0 Å². The molecular formula is C12H20N2O4. The van der Waals surface area contributed by atoms with Gasteiger partial charge < -0.3 is 19.6 Å². The summed E-state index contributed by atoms with van der Waals surface area (Å²) in [7, 11) is 1.73. The topological polar surface area (TPSA) is 70.1 Å². The second-order valence-electron chi connectivity index (χ2n) is 5.02. The zero-order valence-electron chi connectivity index (χ0n) is 10.8. The number of nitrogens with zero attached hydrogens (tertiary/aromatic N) is 2. The lowest BCUT2D eigenvalue weighted by Crippen LogP contribution is -2.51. The lowest BCUT2D eigenvalue weighted by molar-refractivity contribution is -0.141. The molecule has 0 aromatic heterocycles. The number of urea groups is 1. The van der Waals surface area contributed by atoms with Crippen LogP contribution in [0.25, 0.3) is 0 Å². The largest absolute Gasteiger partial charge is 0.480 e. The number of hydrogen-bond acceptors (Lipinski definition) is 3.